The molecule has 0 saturated heterocycles. The molecule has 0 spiro atoms. The third-order valence-electron chi connectivity index (χ3n) is 10.8. The molecular weight excluding hydrogens is 699 g/mol. The van der Waals surface area contributed by atoms with Crippen molar-refractivity contribution in [3.8, 4) is 61.7 Å². The molecule has 0 aliphatic carbocycles. The van der Waals surface area contributed by atoms with Gasteiger partial charge >= 0.3 is 0 Å². The van der Waals surface area contributed by atoms with E-state index in [1.165, 1.54) is 48.8 Å². The van der Waals surface area contributed by atoms with Gasteiger partial charge in [-0.15, -0.1) is 11.3 Å². The van der Waals surface area contributed by atoms with Gasteiger partial charge in [-0.3, -0.25) is 0 Å². The Hall–Kier alpha value is -7.14. The van der Waals surface area contributed by atoms with Crippen LogP contribution >= 0.6 is 11.3 Å². The number of hydrogen-bond acceptors (Lipinski definition) is 3. The highest BCUT2D eigenvalue weighted by Crippen LogP contribution is 2.44. The molecule has 0 amide bonds. The predicted molar refractivity (Wildman–Crippen MR) is 236 cm³/mol. The molecule has 0 bridgehead atoms. The molecule has 3 nitrogen and oxygen atoms in total. The second-order valence-corrected chi connectivity index (χ2v) is 15.2. The normalized spacial score (nSPS) is 11.6. The molecule has 56 heavy (non-hydrogen) atoms. The van der Waals surface area contributed by atoms with Gasteiger partial charge in [0.25, 0.3) is 0 Å². The van der Waals surface area contributed by atoms with Crippen molar-refractivity contribution in [1.82, 2.24) is 14.5 Å². The number of aromatic nitrogens is 3. The quantitative estimate of drug-likeness (QED) is 0.170. The summed E-state index contributed by atoms with van der Waals surface area (Å²) in [6.45, 7) is 0. The summed E-state index contributed by atoms with van der Waals surface area (Å²) >= 11 is 1.77. The minimum Gasteiger partial charge on any atom is -0.309 e. The molecule has 11 aromatic rings. The number of para-hydroxylation sites is 2. The van der Waals surface area contributed by atoms with Crippen LogP contribution in [0.3, 0.4) is 0 Å². The summed E-state index contributed by atoms with van der Waals surface area (Å²) in [5, 5.41) is 3.68. The van der Waals surface area contributed by atoms with E-state index in [0.29, 0.717) is 0 Å². The van der Waals surface area contributed by atoms with Crippen molar-refractivity contribution < 1.29 is 0 Å². The van der Waals surface area contributed by atoms with Gasteiger partial charge in [0.15, 0.2) is 5.82 Å². The molecule has 0 unspecified atom stereocenters. The van der Waals surface area contributed by atoms with Crippen LogP contribution in [0.25, 0.3) is 104 Å². The van der Waals surface area contributed by atoms with Crippen molar-refractivity contribution in [2.45, 2.75) is 0 Å². The molecule has 0 saturated carbocycles. The van der Waals surface area contributed by atoms with Gasteiger partial charge in [-0.2, -0.15) is 0 Å². The first-order valence-corrected chi connectivity index (χ1v) is 19.7. The molecule has 0 aliphatic rings. The Balaban J connectivity index is 1.06. The molecule has 11 rings (SSSR count). The Kier molecular flexibility index (Phi) is 7.68. The van der Waals surface area contributed by atoms with E-state index in [-0.39, 0.29) is 0 Å². The maximum Gasteiger partial charge on any atom is 0.160 e. The van der Waals surface area contributed by atoms with Crippen LogP contribution in [-0.2, 0) is 0 Å². The summed E-state index contributed by atoms with van der Waals surface area (Å²) in [7, 11) is 0. The minimum atomic E-state index is 0.727. The molecular formula is C52H33N3S. The van der Waals surface area contributed by atoms with Crippen molar-refractivity contribution in [3.05, 3.63) is 200 Å². The molecule has 0 atom stereocenters. The lowest BCUT2D eigenvalue weighted by molar-refractivity contribution is 1.18. The maximum absolute atomic E-state index is 5.34. The van der Waals surface area contributed by atoms with Crippen LogP contribution in [0.4, 0.5) is 0 Å². The van der Waals surface area contributed by atoms with Crippen molar-refractivity contribution >= 4 is 53.4 Å². The first-order valence-electron chi connectivity index (χ1n) is 18.9. The zero-order valence-corrected chi connectivity index (χ0v) is 31.1. The second kappa shape index (κ2) is 13.3. The van der Waals surface area contributed by atoms with Gasteiger partial charge in [-0.1, -0.05) is 164 Å². The fraction of sp³-hybridized carbons (Fsp3) is 0. The molecule has 0 N–H and O–H groups in total. The van der Waals surface area contributed by atoms with Crippen LogP contribution in [0, 0.1) is 0 Å². The van der Waals surface area contributed by atoms with Crippen molar-refractivity contribution in [2.75, 3.05) is 0 Å². The van der Waals surface area contributed by atoms with Crippen molar-refractivity contribution in [1.29, 1.82) is 0 Å². The Morgan fingerprint density at radius 1 is 0.393 bits per heavy atom. The SMILES string of the molecule is c1ccc(-c2ccc(-c3nc(-c4ccccc4)nc4c3sc3cccc(-c5cccc(-c6cccc(-n7c8ccccc8c8ccccc87)c6)c5)c34)cc2)cc1. The zero-order valence-electron chi connectivity index (χ0n) is 30.3. The first kappa shape index (κ1) is 32.3. The molecule has 0 fully saturated rings. The van der Waals surface area contributed by atoms with Crippen molar-refractivity contribution in [3.63, 3.8) is 0 Å². The average Bonchev–Trinajstić information content (AvgIpc) is 3.83. The van der Waals surface area contributed by atoms with E-state index in [2.05, 4.69) is 199 Å². The van der Waals surface area contributed by atoms with Gasteiger partial charge in [-0.05, 0) is 69.8 Å². The van der Waals surface area contributed by atoms with Gasteiger partial charge in [0.2, 0.25) is 0 Å². The van der Waals surface area contributed by atoms with Crippen LogP contribution in [0.15, 0.2) is 200 Å². The van der Waals surface area contributed by atoms with E-state index in [1.54, 1.807) is 11.3 Å². The zero-order chi connectivity index (χ0) is 37.0. The van der Waals surface area contributed by atoms with Gasteiger partial charge in [0.05, 0.1) is 26.9 Å². The summed E-state index contributed by atoms with van der Waals surface area (Å²) in [5.41, 5.74) is 14.6. The summed E-state index contributed by atoms with van der Waals surface area (Å²) in [5.74, 6) is 0.727. The second-order valence-electron chi connectivity index (χ2n) is 14.2. The fourth-order valence-corrected chi connectivity index (χ4v) is 9.36. The van der Waals surface area contributed by atoms with E-state index < -0.39 is 0 Å². The Bertz CT molecular complexity index is 3180. The lowest BCUT2D eigenvalue weighted by atomic mass is 9.96. The number of nitrogens with zero attached hydrogens (tertiary/aromatic N) is 3. The summed E-state index contributed by atoms with van der Waals surface area (Å²) in [4.78, 5) is 10.6. The fourth-order valence-electron chi connectivity index (χ4n) is 8.18. The van der Waals surface area contributed by atoms with Gasteiger partial charge in [0, 0.05) is 37.7 Å². The highest BCUT2D eigenvalue weighted by atomic mass is 32.1. The standard InChI is InChI=1S/C52H33N3S/c1-3-14-34(15-4-1)35-28-30-36(31-29-35)49-51-50(54-52(53-49)37-16-5-2-6-17-37)48-42(24-13-27-47(48)56-51)40-20-11-18-38(32-40)39-19-12-21-41(33-39)55-45-25-9-7-22-43(45)44-23-8-10-26-46(44)55/h1-33H. The highest BCUT2D eigenvalue weighted by Gasteiger charge is 2.20. The van der Waals surface area contributed by atoms with Crippen LogP contribution < -0.4 is 0 Å². The highest BCUT2D eigenvalue weighted by molar-refractivity contribution is 7.26. The maximum atomic E-state index is 5.34. The molecule has 0 radical (unpaired) electrons. The van der Waals surface area contributed by atoms with E-state index in [4.69, 9.17) is 9.97 Å². The van der Waals surface area contributed by atoms with E-state index in [1.807, 2.05) is 6.07 Å². The topological polar surface area (TPSA) is 30.7 Å². The Morgan fingerprint density at radius 3 is 1.68 bits per heavy atom. The number of fused-ring (bicyclic) bond motifs is 6. The molecule has 8 aromatic carbocycles. The van der Waals surface area contributed by atoms with E-state index in [0.717, 1.165) is 55.1 Å². The van der Waals surface area contributed by atoms with Gasteiger partial charge in [-0.25, -0.2) is 9.97 Å². The smallest absolute Gasteiger partial charge is 0.160 e. The lowest BCUT2D eigenvalue weighted by Gasteiger charge is -2.12. The molecule has 262 valence electrons. The third-order valence-corrected chi connectivity index (χ3v) is 12.0. The number of benzene rings is 8. The molecule has 4 heteroatoms. The monoisotopic (exact) mass is 731 g/mol. The van der Waals surface area contributed by atoms with E-state index in [9.17, 15) is 0 Å². The summed E-state index contributed by atoms with van der Waals surface area (Å²) in [6.07, 6.45) is 0. The van der Waals surface area contributed by atoms with Crippen molar-refractivity contribution in [2.24, 2.45) is 0 Å². The molecule has 0 aliphatic heterocycles. The van der Waals surface area contributed by atoms with Crippen LogP contribution in [0.1, 0.15) is 0 Å². The third kappa shape index (κ3) is 5.42. The van der Waals surface area contributed by atoms with Gasteiger partial charge < -0.3 is 4.57 Å². The lowest BCUT2D eigenvalue weighted by Crippen LogP contribution is -1.94. The minimum absolute atomic E-state index is 0.727. The van der Waals surface area contributed by atoms with Crippen LogP contribution in [-0.4, -0.2) is 14.5 Å². The van der Waals surface area contributed by atoms with E-state index >= 15 is 0 Å². The Labute approximate surface area is 328 Å². The number of hydrogen-bond donors (Lipinski definition) is 0. The average molecular weight is 732 g/mol. The molecule has 3 heterocycles. The Morgan fingerprint density at radius 2 is 0.946 bits per heavy atom. The molecule has 3 aromatic heterocycles. The van der Waals surface area contributed by atoms with Crippen LogP contribution in [0.5, 0.6) is 0 Å². The predicted octanol–water partition coefficient (Wildman–Crippen LogP) is 14.3. The summed E-state index contributed by atoms with van der Waals surface area (Å²) in [6, 6.07) is 71.4. The first-order chi connectivity index (χ1) is 27.8. The number of rotatable bonds is 6. The number of thiophene rings is 1. The largest absolute Gasteiger partial charge is 0.309 e. The summed E-state index contributed by atoms with van der Waals surface area (Å²) < 4.78 is 4.67. The van der Waals surface area contributed by atoms with Gasteiger partial charge in [0.1, 0.15) is 0 Å². The van der Waals surface area contributed by atoms with Crippen LogP contribution in [0.2, 0.25) is 0 Å².